The number of benzene rings is 2. The largest absolute Gasteiger partial charge is 0.463 e. The minimum absolute atomic E-state index is 0.224. The minimum atomic E-state index is -0.411. The summed E-state index contributed by atoms with van der Waals surface area (Å²) in [6, 6.07) is 14.9. The second-order valence-corrected chi connectivity index (χ2v) is 5.22. The Labute approximate surface area is 141 Å². The Kier molecular flexibility index (Phi) is 6.32. The van der Waals surface area contributed by atoms with Gasteiger partial charge in [-0.15, -0.1) is 0 Å². The second-order valence-electron chi connectivity index (χ2n) is 5.22. The fraction of sp³-hybridized carbons (Fsp3) is 0.200. The van der Waals surface area contributed by atoms with Gasteiger partial charge in [-0.05, 0) is 42.7 Å². The lowest BCUT2D eigenvalue weighted by Crippen LogP contribution is -2.07. The van der Waals surface area contributed by atoms with Crippen LogP contribution in [0, 0.1) is 6.92 Å². The predicted octanol–water partition coefficient (Wildman–Crippen LogP) is 3.93. The third-order valence-corrected chi connectivity index (χ3v) is 3.39. The van der Waals surface area contributed by atoms with E-state index in [-0.39, 0.29) is 12.6 Å². The fourth-order valence-electron chi connectivity index (χ4n) is 2.12. The maximum Gasteiger partial charge on any atom is 0.338 e. The molecule has 0 spiro atoms. The SMILES string of the molecule is CCOC(=O)/C=C/c1ccc(C)c(C(=O)OCc2ccccc2)c1. The molecule has 2 aromatic carbocycles. The zero-order valence-corrected chi connectivity index (χ0v) is 13.8. The molecule has 0 aliphatic rings. The zero-order valence-electron chi connectivity index (χ0n) is 13.8. The maximum absolute atomic E-state index is 12.3. The molecule has 0 N–H and O–H groups in total. The van der Waals surface area contributed by atoms with Gasteiger partial charge in [0.1, 0.15) is 6.61 Å². The Morgan fingerprint density at radius 2 is 1.79 bits per heavy atom. The third kappa shape index (κ3) is 5.09. The average Bonchev–Trinajstić information content (AvgIpc) is 2.60. The Morgan fingerprint density at radius 3 is 2.50 bits per heavy atom. The Balaban J connectivity index is 2.07. The first-order valence-electron chi connectivity index (χ1n) is 7.76. The molecule has 0 heterocycles. The first-order chi connectivity index (χ1) is 11.6. The highest BCUT2D eigenvalue weighted by Gasteiger charge is 2.11. The lowest BCUT2D eigenvalue weighted by atomic mass is 10.0. The normalized spacial score (nSPS) is 10.6. The molecule has 0 saturated carbocycles. The molecule has 24 heavy (non-hydrogen) atoms. The van der Waals surface area contributed by atoms with Crippen LogP contribution in [-0.4, -0.2) is 18.5 Å². The average molecular weight is 324 g/mol. The molecule has 124 valence electrons. The molecule has 0 saturated heterocycles. The van der Waals surface area contributed by atoms with Gasteiger partial charge in [0.15, 0.2) is 0 Å². The van der Waals surface area contributed by atoms with Gasteiger partial charge in [0.2, 0.25) is 0 Å². The highest BCUT2D eigenvalue weighted by atomic mass is 16.5. The number of carbonyl (C=O) groups is 2. The van der Waals surface area contributed by atoms with Crippen molar-refractivity contribution in [3.8, 4) is 0 Å². The molecule has 0 aromatic heterocycles. The van der Waals surface area contributed by atoms with Crippen LogP contribution in [0.15, 0.2) is 54.6 Å². The summed E-state index contributed by atoms with van der Waals surface area (Å²) in [5.74, 6) is -0.797. The molecular formula is C20H20O4. The summed E-state index contributed by atoms with van der Waals surface area (Å²) in [5, 5.41) is 0. The van der Waals surface area contributed by atoms with Crippen LogP contribution in [0.4, 0.5) is 0 Å². The molecule has 2 aromatic rings. The van der Waals surface area contributed by atoms with Crippen LogP contribution in [0.25, 0.3) is 6.08 Å². The van der Waals surface area contributed by atoms with Crippen molar-refractivity contribution in [2.24, 2.45) is 0 Å². The number of hydrogen-bond acceptors (Lipinski definition) is 4. The van der Waals surface area contributed by atoms with Crippen molar-refractivity contribution in [3.63, 3.8) is 0 Å². The van der Waals surface area contributed by atoms with E-state index in [2.05, 4.69) is 0 Å². The van der Waals surface area contributed by atoms with Crippen molar-refractivity contribution in [2.75, 3.05) is 6.61 Å². The van der Waals surface area contributed by atoms with Gasteiger partial charge in [-0.1, -0.05) is 42.5 Å². The minimum Gasteiger partial charge on any atom is -0.463 e. The lowest BCUT2D eigenvalue weighted by Gasteiger charge is -2.08. The van der Waals surface area contributed by atoms with Crippen molar-refractivity contribution < 1.29 is 19.1 Å². The summed E-state index contributed by atoms with van der Waals surface area (Å²) in [6.07, 6.45) is 2.96. The second kappa shape index (κ2) is 8.67. The number of carbonyl (C=O) groups excluding carboxylic acids is 2. The smallest absolute Gasteiger partial charge is 0.338 e. The molecular weight excluding hydrogens is 304 g/mol. The number of hydrogen-bond donors (Lipinski definition) is 0. The predicted molar refractivity (Wildman–Crippen MR) is 92.4 cm³/mol. The molecule has 0 aliphatic heterocycles. The van der Waals surface area contributed by atoms with Crippen molar-refractivity contribution in [1.29, 1.82) is 0 Å². The zero-order chi connectivity index (χ0) is 17.4. The van der Waals surface area contributed by atoms with Gasteiger partial charge in [-0.3, -0.25) is 0 Å². The van der Waals surface area contributed by atoms with E-state index in [0.717, 1.165) is 16.7 Å². The number of esters is 2. The van der Waals surface area contributed by atoms with Crippen molar-refractivity contribution in [3.05, 3.63) is 76.9 Å². The topological polar surface area (TPSA) is 52.6 Å². The molecule has 4 nitrogen and oxygen atoms in total. The van der Waals surface area contributed by atoms with E-state index in [4.69, 9.17) is 9.47 Å². The first kappa shape index (κ1) is 17.5. The van der Waals surface area contributed by atoms with Crippen molar-refractivity contribution >= 4 is 18.0 Å². The van der Waals surface area contributed by atoms with E-state index in [0.29, 0.717) is 12.2 Å². The number of aryl methyl sites for hydroxylation is 1. The summed E-state index contributed by atoms with van der Waals surface area (Å²) < 4.78 is 10.2. The Morgan fingerprint density at radius 1 is 1.04 bits per heavy atom. The van der Waals surface area contributed by atoms with Gasteiger partial charge in [0.05, 0.1) is 12.2 Å². The van der Waals surface area contributed by atoms with Gasteiger partial charge in [-0.25, -0.2) is 9.59 Å². The van der Waals surface area contributed by atoms with E-state index in [1.165, 1.54) is 6.08 Å². The van der Waals surface area contributed by atoms with E-state index >= 15 is 0 Å². The van der Waals surface area contributed by atoms with Crippen LogP contribution in [0.2, 0.25) is 0 Å². The molecule has 4 heteroatoms. The van der Waals surface area contributed by atoms with Crippen LogP contribution in [0.1, 0.15) is 34.0 Å². The van der Waals surface area contributed by atoms with Crippen LogP contribution < -0.4 is 0 Å². The highest BCUT2D eigenvalue weighted by molar-refractivity contribution is 5.92. The summed E-state index contributed by atoms with van der Waals surface area (Å²) in [4.78, 5) is 23.7. The molecule has 0 atom stereocenters. The standard InChI is InChI=1S/C20H20O4/c1-3-23-19(21)12-11-16-10-9-15(2)18(13-16)20(22)24-14-17-7-5-4-6-8-17/h4-13H,3,14H2,1-2H3/b12-11+. The molecule has 0 fully saturated rings. The molecule has 0 unspecified atom stereocenters. The van der Waals surface area contributed by atoms with Crippen molar-refractivity contribution in [2.45, 2.75) is 20.5 Å². The fourth-order valence-corrected chi connectivity index (χ4v) is 2.12. The molecule has 2 rings (SSSR count). The van der Waals surface area contributed by atoms with Crippen LogP contribution in [0.3, 0.4) is 0 Å². The van der Waals surface area contributed by atoms with Gasteiger partial charge in [0.25, 0.3) is 0 Å². The summed E-state index contributed by atoms with van der Waals surface area (Å²) in [5.41, 5.74) is 2.97. The monoisotopic (exact) mass is 324 g/mol. The van der Waals surface area contributed by atoms with Gasteiger partial charge < -0.3 is 9.47 Å². The molecule has 0 radical (unpaired) electrons. The van der Waals surface area contributed by atoms with E-state index in [1.54, 1.807) is 19.1 Å². The Bertz CT molecular complexity index is 733. The van der Waals surface area contributed by atoms with Gasteiger partial charge in [-0.2, -0.15) is 0 Å². The van der Waals surface area contributed by atoms with Crippen molar-refractivity contribution in [1.82, 2.24) is 0 Å². The highest BCUT2D eigenvalue weighted by Crippen LogP contribution is 2.15. The molecule has 0 amide bonds. The number of rotatable bonds is 6. The summed E-state index contributed by atoms with van der Waals surface area (Å²) in [7, 11) is 0. The summed E-state index contributed by atoms with van der Waals surface area (Å²) in [6.45, 7) is 4.15. The first-order valence-corrected chi connectivity index (χ1v) is 7.76. The van der Waals surface area contributed by atoms with Crippen LogP contribution in [-0.2, 0) is 20.9 Å². The number of ether oxygens (including phenoxy) is 2. The quantitative estimate of drug-likeness (QED) is 0.597. The van der Waals surface area contributed by atoms with Gasteiger partial charge in [0, 0.05) is 6.08 Å². The van der Waals surface area contributed by atoms with E-state index in [1.807, 2.05) is 49.4 Å². The third-order valence-electron chi connectivity index (χ3n) is 3.39. The lowest BCUT2D eigenvalue weighted by molar-refractivity contribution is -0.137. The molecule has 0 aliphatic carbocycles. The van der Waals surface area contributed by atoms with Crippen LogP contribution >= 0.6 is 0 Å². The van der Waals surface area contributed by atoms with Crippen LogP contribution in [0.5, 0.6) is 0 Å². The summed E-state index contributed by atoms with van der Waals surface area (Å²) >= 11 is 0. The van der Waals surface area contributed by atoms with E-state index < -0.39 is 5.97 Å². The Hall–Kier alpha value is -2.88. The maximum atomic E-state index is 12.3. The molecule has 0 bridgehead atoms. The van der Waals surface area contributed by atoms with Gasteiger partial charge >= 0.3 is 11.9 Å². The van der Waals surface area contributed by atoms with E-state index in [9.17, 15) is 9.59 Å².